The van der Waals surface area contributed by atoms with E-state index in [0.29, 0.717) is 15.9 Å². The molecule has 0 saturated heterocycles. The average molecular weight is 375 g/mol. The zero-order chi connectivity index (χ0) is 15.5. The molecule has 0 aliphatic heterocycles. The first-order chi connectivity index (χ1) is 10.0. The van der Waals surface area contributed by atoms with Gasteiger partial charge in [0, 0.05) is 23.6 Å². The predicted molar refractivity (Wildman–Crippen MR) is 88.7 cm³/mol. The molecule has 0 radical (unpaired) electrons. The highest BCUT2D eigenvalue weighted by atomic mass is 79.9. The molecule has 6 heteroatoms. The van der Waals surface area contributed by atoms with E-state index in [9.17, 15) is 8.42 Å². The summed E-state index contributed by atoms with van der Waals surface area (Å²) in [5.41, 5.74) is 1.06. The Hall–Kier alpha value is -0.430. The largest absolute Gasteiger partial charge is 0.316 e. The van der Waals surface area contributed by atoms with Crippen LogP contribution in [0.15, 0.2) is 27.6 Å². The molecule has 1 N–H and O–H groups in total. The minimum Gasteiger partial charge on any atom is -0.316 e. The number of halogens is 1. The van der Waals surface area contributed by atoms with Crippen molar-refractivity contribution in [2.45, 2.75) is 50.1 Å². The lowest BCUT2D eigenvalue weighted by Gasteiger charge is -2.27. The average Bonchev–Trinajstić information content (AvgIpc) is 2.93. The summed E-state index contributed by atoms with van der Waals surface area (Å²) in [7, 11) is -1.56. The van der Waals surface area contributed by atoms with Gasteiger partial charge in [0.05, 0.1) is 4.90 Å². The maximum atomic E-state index is 12.9. The Bertz CT molecular complexity index is 583. The van der Waals surface area contributed by atoms with Gasteiger partial charge >= 0.3 is 0 Å². The van der Waals surface area contributed by atoms with Gasteiger partial charge in [-0.15, -0.1) is 0 Å². The SMILES string of the molecule is CCN(C1CCCC1)S(=O)(=O)c1ccc(CNC)cc1Br. The highest BCUT2D eigenvalue weighted by Crippen LogP contribution is 2.31. The van der Waals surface area contributed by atoms with Crippen molar-refractivity contribution in [3.63, 3.8) is 0 Å². The van der Waals surface area contributed by atoms with Crippen LogP contribution in [-0.4, -0.2) is 32.4 Å². The molecule has 1 aliphatic carbocycles. The second-order valence-electron chi connectivity index (χ2n) is 5.44. The first-order valence-electron chi connectivity index (χ1n) is 7.45. The molecule has 4 nitrogen and oxygen atoms in total. The van der Waals surface area contributed by atoms with Gasteiger partial charge in [-0.05, 0) is 53.5 Å². The third-order valence-corrected chi connectivity index (χ3v) is 7.01. The highest BCUT2D eigenvalue weighted by molar-refractivity contribution is 9.10. The fourth-order valence-electron chi connectivity index (χ4n) is 3.01. The lowest BCUT2D eigenvalue weighted by Crippen LogP contribution is -2.38. The molecule has 118 valence electrons. The van der Waals surface area contributed by atoms with Gasteiger partial charge in [0.2, 0.25) is 10.0 Å². The van der Waals surface area contributed by atoms with Crippen molar-refractivity contribution in [1.29, 1.82) is 0 Å². The topological polar surface area (TPSA) is 49.4 Å². The number of nitrogens with one attached hydrogen (secondary N) is 1. The summed E-state index contributed by atoms with van der Waals surface area (Å²) in [5.74, 6) is 0. The summed E-state index contributed by atoms with van der Waals surface area (Å²) in [6.07, 6.45) is 4.20. The van der Waals surface area contributed by atoms with E-state index >= 15 is 0 Å². The summed E-state index contributed by atoms with van der Waals surface area (Å²) in [5, 5.41) is 3.07. The van der Waals surface area contributed by atoms with Gasteiger partial charge in [0.25, 0.3) is 0 Å². The minimum absolute atomic E-state index is 0.156. The third-order valence-electron chi connectivity index (χ3n) is 4.01. The monoisotopic (exact) mass is 374 g/mol. The fourth-order valence-corrected chi connectivity index (χ4v) is 5.79. The lowest BCUT2D eigenvalue weighted by atomic mass is 10.2. The number of benzene rings is 1. The van der Waals surface area contributed by atoms with Crippen LogP contribution in [0.3, 0.4) is 0 Å². The van der Waals surface area contributed by atoms with Crippen molar-refractivity contribution in [2.75, 3.05) is 13.6 Å². The van der Waals surface area contributed by atoms with Gasteiger partial charge in [-0.1, -0.05) is 25.8 Å². The molecule has 0 bridgehead atoms. The maximum Gasteiger partial charge on any atom is 0.244 e. The van der Waals surface area contributed by atoms with Gasteiger partial charge in [-0.3, -0.25) is 0 Å². The zero-order valence-corrected chi connectivity index (χ0v) is 15.0. The molecule has 1 aliphatic rings. The van der Waals surface area contributed by atoms with Crippen LogP contribution < -0.4 is 5.32 Å². The Morgan fingerprint density at radius 1 is 1.33 bits per heavy atom. The second kappa shape index (κ2) is 7.22. The van der Waals surface area contributed by atoms with Gasteiger partial charge in [0.1, 0.15) is 0 Å². The van der Waals surface area contributed by atoms with Gasteiger partial charge in [0.15, 0.2) is 0 Å². The van der Waals surface area contributed by atoms with Crippen LogP contribution in [0.1, 0.15) is 38.2 Å². The molecule has 0 spiro atoms. The Balaban J connectivity index is 2.33. The van der Waals surface area contributed by atoms with E-state index in [2.05, 4.69) is 21.2 Å². The summed E-state index contributed by atoms with van der Waals surface area (Å²) in [6.45, 7) is 3.16. The van der Waals surface area contributed by atoms with Crippen molar-refractivity contribution < 1.29 is 8.42 Å². The van der Waals surface area contributed by atoms with Crippen LogP contribution in [0.2, 0.25) is 0 Å². The Kier molecular flexibility index (Phi) is 5.82. The molecule has 1 aromatic carbocycles. The molecule has 1 aromatic rings. The Morgan fingerprint density at radius 3 is 2.52 bits per heavy atom. The minimum atomic E-state index is -3.43. The molecule has 0 unspecified atom stereocenters. The quantitative estimate of drug-likeness (QED) is 0.831. The van der Waals surface area contributed by atoms with Crippen LogP contribution >= 0.6 is 15.9 Å². The van der Waals surface area contributed by atoms with Crippen LogP contribution in [0.25, 0.3) is 0 Å². The fraction of sp³-hybridized carbons (Fsp3) is 0.600. The molecule has 0 aromatic heterocycles. The van der Waals surface area contributed by atoms with Gasteiger partial charge in [-0.25, -0.2) is 8.42 Å². The van der Waals surface area contributed by atoms with Crippen LogP contribution in [0.5, 0.6) is 0 Å². The molecular weight excluding hydrogens is 352 g/mol. The van der Waals surface area contributed by atoms with E-state index in [-0.39, 0.29) is 6.04 Å². The van der Waals surface area contributed by atoms with Crippen LogP contribution in [0.4, 0.5) is 0 Å². The van der Waals surface area contributed by atoms with Crippen molar-refractivity contribution in [1.82, 2.24) is 9.62 Å². The summed E-state index contributed by atoms with van der Waals surface area (Å²) >= 11 is 3.43. The smallest absolute Gasteiger partial charge is 0.244 e. The first kappa shape index (κ1) is 16.9. The van der Waals surface area contributed by atoms with E-state index in [1.165, 1.54) is 0 Å². The lowest BCUT2D eigenvalue weighted by molar-refractivity contribution is 0.335. The standard InChI is InChI=1S/C15H23BrN2O2S/c1-3-18(13-6-4-5-7-13)21(19,20)15-9-8-12(11-17-2)10-14(15)16/h8-10,13,17H,3-7,11H2,1-2H3. The van der Waals surface area contributed by atoms with Crippen molar-refractivity contribution >= 4 is 26.0 Å². The number of hydrogen-bond donors (Lipinski definition) is 1. The summed E-state index contributed by atoms with van der Waals surface area (Å²) < 4.78 is 28.2. The number of rotatable bonds is 6. The molecule has 1 fully saturated rings. The summed E-state index contributed by atoms with van der Waals surface area (Å²) in [6, 6.07) is 5.62. The highest BCUT2D eigenvalue weighted by Gasteiger charge is 2.33. The van der Waals surface area contributed by atoms with Gasteiger partial charge in [-0.2, -0.15) is 4.31 Å². The number of nitrogens with zero attached hydrogens (tertiary/aromatic N) is 1. The number of hydrogen-bond acceptors (Lipinski definition) is 3. The normalized spacial score (nSPS) is 16.8. The predicted octanol–water partition coefficient (Wildman–Crippen LogP) is 3.12. The molecule has 1 saturated carbocycles. The third kappa shape index (κ3) is 3.67. The molecular formula is C15H23BrN2O2S. The molecule has 2 rings (SSSR count). The van der Waals surface area contributed by atoms with Crippen molar-refractivity contribution in [3.8, 4) is 0 Å². The van der Waals surface area contributed by atoms with Crippen LogP contribution in [0, 0.1) is 0 Å². The zero-order valence-electron chi connectivity index (χ0n) is 12.6. The van der Waals surface area contributed by atoms with E-state index < -0.39 is 10.0 Å². The Morgan fingerprint density at radius 2 is 2.00 bits per heavy atom. The molecule has 0 heterocycles. The maximum absolute atomic E-state index is 12.9. The molecule has 0 amide bonds. The van der Waals surface area contributed by atoms with E-state index in [1.54, 1.807) is 10.4 Å². The molecule has 21 heavy (non-hydrogen) atoms. The number of sulfonamides is 1. The van der Waals surface area contributed by atoms with E-state index in [1.807, 2.05) is 26.1 Å². The van der Waals surface area contributed by atoms with E-state index in [0.717, 1.165) is 37.8 Å². The molecule has 0 atom stereocenters. The van der Waals surface area contributed by atoms with Crippen LogP contribution in [-0.2, 0) is 16.6 Å². The van der Waals surface area contributed by atoms with Crippen molar-refractivity contribution in [3.05, 3.63) is 28.2 Å². The van der Waals surface area contributed by atoms with Crippen molar-refractivity contribution in [2.24, 2.45) is 0 Å². The van der Waals surface area contributed by atoms with Gasteiger partial charge < -0.3 is 5.32 Å². The summed E-state index contributed by atoms with van der Waals surface area (Å²) in [4.78, 5) is 0.371. The Labute approximate surface area is 136 Å². The second-order valence-corrected chi connectivity index (χ2v) is 8.16. The first-order valence-corrected chi connectivity index (χ1v) is 9.69. The van der Waals surface area contributed by atoms with E-state index in [4.69, 9.17) is 0 Å².